The summed E-state index contributed by atoms with van der Waals surface area (Å²) >= 11 is 0. The van der Waals surface area contributed by atoms with Crippen LogP contribution >= 0.6 is 0 Å². The zero-order valence-electron chi connectivity index (χ0n) is 17.9. The van der Waals surface area contributed by atoms with E-state index in [0.717, 1.165) is 11.5 Å². The fraction of sp³-hybridized carbons (Fsp3) is 0.190. The van der Waals surface area contributed by atoms with Crippen molar-refractivity contribution in [3.05, 3.63) is 53.6 Å². The van der Waals surface area contributed by atoms with Gasteiger partial charge in [0, 0.05) is 24.4 Å². The van der Waals surface area contributed by atoms with Gasteiger partial charge in [0.05, 0.1) is 50.8 Å². The van der Waals surface area contributed by atoms with Gasteiger partial charge in [-0.25, -0.2) is 13.2 Å². The molecule has 0 saturated heterocycles. The minimum Gasteiger partial charge on any atom is -0.496 e. The maximum atomic E-state index is 12.6. The van der Waals surface area contributed by atoms with E-state index in [1.807, 2.05) is 0 Å². The predicted molar refractivity (Wildman–Crippen MR) is 121 cm³/mol. The quantitative estimate of drug-likeness (QED) is 0.429. The van der Waals surface area contributed by atoms with Crippen LogP contribution in [-0.2, 0) is 14.8 Å². The molecule has 0 saturated carbocycles. The van der Waals surface area contributed by atoms with Gasteiger partial charge in [0.25, 0.3) is 10.0 Å². The third kappa shape index (κ3) is 6.57. The van der Waals surface area contributed by atoms with Gasteiger partial charge < -0.3 is 29.4 Å². The molecule has 0 aliphatic carbocycles. The predicted octanol–water partition coefficient (Wildman–Crippen LogP) is 3.14. The summed E-state index contributed by atoms with van der Waals surface area (Å²) in [5, 5.41) is 12.4. The van der Waals surface area contributed by atoms with Crippen LogP contribution in [-0.4, -0.2) is 47.9 Å². The SMILES string of the molecule is COc1cc(OC)c(C=CS(=O)(=O)Nc2ccc(OC)c(NC=CC(=O)O)c2)c(OC)c1. The van der Waals surface area contributed by atoms with Crippen LogP contribution < -0.4 is 29.0 Å². The second-order valence-electron chi connectivity index (χ2n) is 6.13. The third-order valence-electron chi connectivity index (χ3n) is 4.09. The molecule has 0 spiro atoms. The highest BCUT2D eigenvalue weighted by atomic mass is 32.2. The molecule has 0 aromatic heterocycles. The molecular formula is C21H24N2O8S. The van der Waals surface area contributed by atoms with Crippen molar-refractivity contribution in [3.8, 4) is 23.0 Å². The maximum absolute atomic E-state index is 12.6. The Labute approximate surface area is 186 Å². The molecule has 0 unspecified atom stereocenters. The molecule has 0 amide bonds. The molecule has 3 N–H and O–H groups in total. The van der Waals surface area contributed by atoms with Crippen LogP contribution in [0, 0.1) is 0 Å². The Morgan fingerprint density at radius 1 is 0.938 bits per heavy atom. The first-order valence-corrected chi connectivity index (χ1v) is 10.6. The van der Waals surface area contributed by atoms with Gasteiger partial charge in [-0.3, -0.25) is 4.72 Å². The van der Waals surface area contributed by atoms with E-state index in [-0.39, 0.29) is 5.69 Å². The van der Waals surface area contributed by atoms with E-state index < -0.39 is 16.0 Å². The van der Waals surface area contributed by atoms with Gasteiger partial charge in [0.15, 0.2) is 0 Å². The van der Waals surface area contributed by atoms with Gasteiger partial charge in [0.1, 0.15) is 23.0 Å². The van der Waals surface area contributed by atoms with E-state index >= 15 is 0 Å². The fourth-order valence-corrected chi connectivity index (χ4v) is 3.48. The molecule has 11 heteroatoms. The first-order valence-electron chi connectivity index (χ1n) is 9.08. The molecule has 32 heavy (non-hydrogen) atoms. The van der Waals surface area contributed by atoms with Crippen LogP contribution in [0.1, 0.15) is 5.56 Å². The Kier molecular flexibility index (Phi) is 8.36. The highest BCUT2D eigenvalue weighted by molar-refractivity contribution is 7.95. The van der Waals surface area contributed by atoms with Gasteiger partial charge in [-0.05, 0) is 24.3 Å². The van der Waals surface area contributed by atoms with Crippen LogP contribution in [0.3, 0.4) is 0 Å². The summed E-state index contributed by atoms with van der Waals surface area (Å²) in [5.74, 6) is 0.490. The summed E-state index contributed by atoms with van der Waals surface area (Å²) in [6.07, 6.45) is 3.44. The maximum Gasteiger partial charge on any atom is 0.329 e. The number of rotatable bonds is 11. The summed E-state index contributed by atoms with van der Waals surface area (Å²) in [6.45, 7) is 0. The van der Waals surface area contributed by atoms with E-state index in [1.165, 1.54) is 58.9 Å². The highest BCUT2D eigenvalue weighted by Crippen LogP contribution is 2.35. The molecule has 0 bridgehead atoms. The monoisotopic (exact) mass is 464 g/mol. The Morgan fingerprint density at radius 3 is 2.09 bits per heavy atom. The molecule has 0 atom stereocenters. The first kappa shape index (κ1) is 24.4. The number of anilines is 2. The lowest BCUT2D eigenvalue weighted by Crippen LogP contribution is -2.09. The van der Waals surface area contributed by atoms with Crippen LogP contribution in [0.2, 0.25) is 0 Å². The Morgan fingerprint density at radius 2 is 1.56 bits per heavy atom. The molecular weight excluding hydrogens is 440 g/mol. The van der Waals surface area contributed by atoms with Crippen molar-refractivity contribution in [3.63, 3.8) is 0 Å². The average molecular weight is 464 g/mol. The molecule has 2 aromatic rings. The summed E-state index contributed by atoms with van der Waals surface area (Å²) < 4.78 is 48.7. The number of carboxylic acids is 1. The molecule has 2 rings (SSSR count). The number of hydrogen-bond acceptors (Lipinski definition) is 8. The lowest BCUT2D eigenvalue weighted by molar-refractivity contribution is -0.131. The summed E-state index contributed by atoms with van der Waals surface area (Å²) in [7, 11) is 1.90. The Balaban J connectivity index is 2.31. The van der Waals surface area contributed by atoms with Crippen molar-refractivity contribution in [1.82, 2.24) is 0 Å². The molecule has 0 fully saturated rings. The summed E-state index contributed by atoms with van der Waals surface area (Å²) in [4.78, 5) is 10.6. The van der Waals surface area contributed by atoms with Gasteiger partial charge in [-0.2, -0.15) is 0 Å². The van der Waals surface area contributed by atoms with E-state index in [1.54, 1.807) is 12.1 Å². The minimum atomic E-state index is -3.92. The number of nitrogens with one attached hydrogen (secondary N) is 2. The van der Waals surface area contributed by atoms with Gasteiger partial charge in [-0.1, -0.05) is 0 Å². The molecule has 0 heterocycles. The van der Waals surface area contributed by atoms with Crippen molar-refractivity contribution in [2.75, 3.05) is 38.5 Å². The largest absolute Gasteiger partial charge is 0.496 e. The number of hydrogen-bond donors (Lipinski definition) is 3. The van der Waals surface area contributed by atoms with Crippen molar-refractivity contribution in [1.29, 1.82) is 0 Å². The lowest BCUT2D eigenvalue weighted by atomic mass is 10.1. The van der Waals surface area contributed by atoms with Crippen molar-refractivity contribution in [2.24, 2.45) is 0 Å². The van der Waals surface area contributed by atoms with Crippen LogP contribution in [0.4, 0.5) is 11.4 Å². The second-order valence-corrected chi connectivity index (χ2v) is 7.69. The Hall–Kier alpha value is -3.86. The lowest BCUT2D eigenvalue weighted by Gasteiger charge is -2.13. The van der Waals surface area contributed by atoms with E-state index in [4.69, 9.17) is 24.1 Å². The number of methoxy groups -OCH3 is 4. The highest BCUT2D eigenvalue weighted by Gasteiger charge is 2.14. The van der Waals surface area contributed by atoms with Gasteiger partial charge in [0.2, 0.25) is 0 Å². The topological polar surface area (TPSA) is 132 Å². The standard InChI is InChI=1S/C21H24N2O8S/c1-28-15-12-19(30-3)16(20(13-15)31-4)8-10-32(26,27)23-14-5-6-18(29-2)17(11-14)22-9-7-21(24)25/h5-13,22-23H,1-4H3,(H,24,25). The Bertz CT molecular complexity index is 1100. The minimum absolute atomic E-state index is 0.232. The van der Waals surface area contributed by atoms with Crippen molar-refractivity contribution >= 4 is 33.4 Å². The first-order chi connectivity index (χ1) is 15.2. The number of carbonyl (C=O) groups is 1. The number of sulfonamides is 1. The van der Waals surface area contributed by atoms with Gasteiger partial charge in [-0.15, -0.1) is 0 Å². The third-order valence-corrected chi connectivity index (χ3v) is 5.11. The average Bonchev–Trinajstić information content (AvgIpc) is 2.76. The zero-order chi connectivity index (χ0) is 23.7. The van der Waals surface area contributed by atoms with E-state index in [0.29, 0.717) is 34.2 Å². The van der Waals surface area contributed by atoms with Crippen LogP contribution in [0.5, 0.6) is 23.0 Å². The van der Waals surface area contributed by atoms with Crippen molar-refractivity contribution in [2.45, 2.75) is 0 Å². The molecule has 0 aliphatic rings. The molecule has 10 nitrogen and oxygen atoms in total. The van der Waals surface area contributed by atoms with Crippen LogP contribution in [0.25, 0.3) is 6.08 Å². The second kappa shape index (κ2) is 11.0. The molecule has 0 radical (unpaired) electrons. The zero-order valence-corrected chi connectivity index (χ0v) is 18.7. The fourth-order valence-electron chi connectivity index (χ4n) is 2.64. The van der Waals surface area contributed by atoms with E-state index in [9.17, 15) is 13.2 Å². The summed E-state index contributed by atoms with van der Waals surface area (Å²) in [6, 6.07) is 7.71. The number of aliphatic carboxylic acids is 1. The normalized spacial score (nSPS) is 11.4. The summed E-state index contributed by atoms with van der Waals surface area (Å²) in [5.41, 5.74) is 1.01. The number of carboxylic acid groups (broad SMARTS) is 1. The molecule has 0 aliphatic heterocycles. The smallest absolute Gasteiger partial charge is 0.329 e. The number of ether oxygens (including phenoxy) is 4. The van der Waals surface area contributed by atoms with Crippen molar-refractivity contribution < 1.29 is 37.3 Å². The van der Waals surface area contributed by atoms with Crippen LogP contribution in [0.15, 0.2) is 48.0 Å². The number of benzene rings is 2. The van der Waals surface area contributed by atoms with Gasteiger partial charge >= 0.3 is 5.97 Å². The molecule has 172 valence electrons. The van der Waals surface area contributed by atoms with E-state index in [2.05, 4.69) is 10.0 Å². The molecule has 2 aromatic carbocycles.